The molecule has 2 aromatic heterocycles. The van der Waals surface area contributed by atoms with Crippen LogP contribution in [0.15, 0.2) is 59.0 Å². The molecule has 21 heavy (non-hydrogen) atoms. The van der Waals surface area contributed by atoms with E-state index in [4.69, 9.17) is 0 Å². The summed E-state index contributed by atoms with van der Waals surface area (Å²) in [6.45, 7) is 1.83. The minimum absolute atomic E-state index is 0.0617. The Hall–Kier alpha value is -2.18. The SMILES string of the molecule is Cc1nn(-c2ccccc2)c(Sc2ncccn2)c1CO. The number of hydrogen-bond acceptors (Lipinski definition) is 5. The lowest BCUT2D eigenvalue weighted by Crippen LogP contribution is -1.99. The number of nitrogens with zero attached hydrogens (tertiary/aromatic N) is 4. The van der Waals surface area contributed by atoms with E-state index >= 15 is 0 Å². The molecule has 2 heterocycles. The van der Waals surface area contributed by atoms with Gasteiger partial charge < -0.3 is 5.11 Å². The first-order valence-corrected chi connectivity index (χ1v) is 7.31. The van der Waals surface area contributed by atoms with E-state index in [9.17, 15) is 5.11 Å². The molecular weight excluding hydrogens is 284 g/mol. The number of rotatable bonds is 4. The van der Waals surface area contributed by atoms with Crippen molar-refractivity contribution in [2.75, 3.05) is 0 Å². The largest absolute Gasteiger partial charge is 0.392 e. The molecule has 0 aliphatic heterocycles. The summed E-state index contributed by atoms with van der Waals surface area (Å²) in [4.78, 5) is 8.45. The van der Waals surface area contributed by atoms with E-state index in [1.807, 2.05) is 41.9 Å². The third kappa shape index (κ3) is 2.81. The van der Waals surface area contributed by atoms with Crippen molar-refractivity contribution in [2.45, 2.75) is 23.7 Å². The van der Waals surface area contributed by atoms with Crippen molar-refractivity contribution >= 4 is 11.8 Å². The zero-order valence-electron chi connectivity index (χ0n) is 11.5. The van der Waals surface area contributed by atoms with Gasteiger partial charge in [0.05, 0.1) is 18.0 Å². The summed E-state index contributed by atoms with van der Waals surface area (Å²) in [6, 6.07) is 11.6. The fraction of sp³-hybridized carbons (Fsp3) is 0.133. The van der Waals surface area contributed by atoms with Gasteiger partial charge in [0, 0.05) is 18.0 Å². The molecule has 5 nitrogen and oxygen atoms in total. The lowest BCUT2D eigenvalue weighted by atomic mass is 10.3. The maximum atomic E-state index is 9.63. The predicted molar refractivity (Wildman–Crippen MR) is 80.4 cm³/mol. The number of aliphatic hydroxyl groups excluding tert-OH is 1. The van der Waals surface area contributed by atoms with Gasteiger partial charge in [-0.1, -0.05) is 18.2 Å². The first kappa shape index (κ1) is 13.8. The number of aryl methyl sites for hydroxylation is 1. The Bertz CT molecular complexity index is 728. The zero-order valence-corrected chi connectivity index (χ0v) is 12.3. The normalized spacial score (nSPS) is 10.8. The van der Waals surface area contributed by atoms with E-state index in [0.717, 1.165) is 22.0 Å². The van der Waals surface area contributed by atoms with Gasteiger partial charge in [0.1, 0.15) is 5.03 Å². The number of aromatic nitrogens is 4. The van der Waals surface area contributed by atoms with Gasteiger partial charge in [-0.25, -0.2) is 14.6 Å². The molecule has 0 unspecified atom stereocenters. The monoisotopic (exact) mass is 298 g/mol. The van der Waals surface area contributed by atoms with Gasteiger partial charge in [-0.05, 0) is 36.9 Å². The van der Waals surface area contributed by atoms with Gasteiger partial charge in [0.2, 0.25) is 0 Å². The topological polar surface area (TPSA) is 63.8 Å². The Labute approximate surface area is 126 Å². The molecule has 1 N–H and O–H groups in total. The fourth-order valence-corrected chi connectivity index (χ4v) is 2.96. The lowest BCUT2D eigenvalue weighted by molar-refractivity contribution is 0.278. The molecule has 0 aliphatic rings. The van der Waals surface area contributed by atoms with Gasteiger partial charge in [-0.2, -0.15) is 5.10 Å². The molecule has 0 fully saturated rings. The molecule has 3 aromatic rings. The first-order chi connectivity index (χ1) is 10.3. The maximum absolute atomic E-state index is 9.63. The van der Waals surface area contributed by atoms with E-state index in [0.29, 0.717) is 5.16 Å². The van der Waals surface area contributed by atoms with Crippen LogP contribution in [-0.4, -0.2) is 24.9 Å². The van der Waals surface area contributed by atoms with E-state index in [1.54, 1.807) is 18.5 Å². The van der Waals surface area contributed by atoms with Crippen LogP contribution in [-0.2, 0) is 6.61 Å². The maximum Gasteiger partial charge on any atom is 0.193 e. The van der Waals surface area contributed by atoms with Crippen molar-refractivity contribution in [1.29, 1.82) is 0 Å². The van der Waals surface area contributed by atoms with Crippen molar-refractivity contribution in [2.24, 2.45) is 0 Å². The minimum atomic E-state index is -0.0617. The average Bonchev–Trinajstić information content (AvgIpc) is 2.85. The van der Waals surface area contributed by atoms with Crippen molar-refractivity contribution in [1.82, 2.24) is 19.7 Å². The molecule has 3 rings (SSSR count). The quantitative estimate of drug-likeness (QED) is 0.750. The highest BCUT2D eigenvalue weighted by Gasteiger charge is 2.17. The molecule has 0 saturated carbocycles. The Morgan fingerprint density at radius 2 is 1.81 bits per heavy atom. The van der Waals surface area contributed by atoms with Crippen LogP contribution < -0.4 is 0 Å². The summed E-state index contributed by atoms with van der Waals surface area (Å²) < 4.78 is 1.82. The molecule has 0 amide bonds. The van der Waals surface area contributed by atoms with Crippen LogP contribution in [0.25, 0.3) is 5.69 Å². The van der Waals surface area contributed by atoms with Gasteiger partial charge in [-0.15, -0.1) is 0 Å². The molecule has 0 atom stereocenters. The number of hydrogen-bond donors (Lipinski definition) is 1. The van der Waals surface area contributed by atoms with E-state index in [2.05, 4.69) is 15.1 Å². The second-order valence-corrected chi connectivity index (χ2v) is 5.36. The number of benzene rings is 1. The molecule has 0 bridgehead atoms. The van der Waals surface area contributed by atoms with E-state index < -0.39 is 0 Å². The standard InChI is InChI=1S/C15H14N4OS/c1-11-13(10-20)14(21-15-16-8-5-9-17-15)19(18-11)12-6-3-2-4-7-12/h2-9,20H,10H2,1H3. The number of aliphatic hydroxyl groups is 1. The third-order valence-electron chi connectivity index (χ3n) is 3.03. The highest BCUT2D eigenvalue weighted by molar-refractivity contribution is 7.99. The van der Waals surface area contributed by atoms with Crippen LogP contribution >= 0.6 is 11.8 Å². The molecule has 0 aliphatic carbocycles. The van der Waals surface area contributed by atoms with Crippen LogP contribution in [0.4, 0.5) is 0 Å². The summed E-state index contributed by atoms with van der Waals surface area (Å²) in [5, 5.41) is 15.6. The molecule has 6 heteroatoms. The van der Waals surface area contributed by atoms with Gasteiger partial charge in [0.25, 0.3) is 0 Å². The molecule has 0 saturated heterocycles. The Morgan fingerprint density at radius 1 is 1.10 bits per heavy atom. The Balaban J connectivity index is 2.09. The molecule has 0 radical (unpaired) electrons. The Morgan fingerprint density at radius 3 is 2.48 bits per heavy atom. The van der Waals surface area contributed by atoms with Gasteiger partial charge >= 0.3 is 0 Å². The van der Waals surface area contributed by atoms with Gasteiger partial charge in [0.15, 0.2) is 5.16 Å². The summed E-state index contributed by atoms with van der Waals surface area (Å²) >= 11 is 1.40. The van der Waals surface area contributed by atoms with Crippen molar-refractivity contribution in [3.8, 4) is 5.69 Å². The van der Waals surface area contributed by atoms with Crippen molar-refractivity contribution in [3.63, 3.8) is 0 Å². The van der Waals surface area contributed by atoms with Crippen molar-refractivity contribution in [3.05, 3.63) is 60.0 Å². The highest BCUT2D eigenvalue weighted by atomic mass is 32.2. The second kappa shape index (κ2) is 6.07. The summed E-state index contributed by atoms with van der Waals surface area (Å²) in [5.41, 5.74) is 2.55. The summed E-state index contributed by atoms with van der Waals surface area (Å²) in [7, 11) is 0. The molecule has 1 aromatic carbocycles. The van der Waals surface area contributed by atoms with Crippen LogP contribution in [0.2, 0.25) is 0 Å². The van der Waals surface area contributed by atoms with Crippen LogP contribution in [0, 0.1) is 6.92 Å². The third-order valence-corrected chi connectivity index (χ3v) is 4.03. The smallest absolute Gasteiger partial charge is 0.193 e. The van der Waals surface area contributed by atoms with Crippen LogP contribution in [0.1, 0.15) is 11.3 Å². The van der Waals surface area contributed by atoms with Gasteiger partial charge in [-0.3, -0.25) is 0 Å². The molecule has 0 spiro atoms. The average molecular weight is 298 g/mol. The fourth-order valence-electron chi connectivity index (χ4n) is 1.99. The van der Waals surface area contributed by atoms with E-state index in [-0.39, 0.29) is 6.61 Å². The van der Waals surface area contributed by atoms with Crippen LogP contribution in [0.3, 0.4) is 0 Å². The highest BCUT2D eigenvalue weighted by Crippen LogP contribution is 2.31. The summed E-state index contributed by atoms with van der Waals surface area (Å²) in [5.74, 6) is 0. The zero-order chi connectivity index (χ0) is 14.7. The Kier molecular flexibility index (Phi) is 3.98. The summed E-state index contributed by atoms with van der Waals surface area (Å²) in [6.07, 6.45) is 3.40. The minimum Gasteiger partial charge on any atom is -0.392 e. The van der Waals surface area contributed by atoms with Crippen molar-refractivity contribution < 1.29 is 5.11 Å². The lowest BCUT2D eigenvalue weighted by Gasteiger charge is -2.07. The van der Waals surface area contributed by atoms with Crippen LogP contribution in [0.5, 0.6) is 0 Å². The van der Waals surface area contributed by atoms with E-state index in [1.165, 1.54) is 11.8 Å². The number of para-hydroxylation sites is 1. The molecular formula is C15H14N4OS. The predicted octanol–water partition coefficient (Wildman–Crippen LogP) is 2.61. The first-order valence-electron chi connectivity index (χ1n) is 6.49. The second-order valence-electron chi connectivity index (χ2n) is 4.41. The molecule has 106 valence electrons.